The molecule has 1 saturated carbocycles. The van der Waals surface area contributed by atoms with Crippen LogP contribution in [0.4, 0.5) is 0 Å². The molecule has 1 aliphatic carbocycles. The first-order chi connectivity index (χ1) is 8.88. The van der Waals surface area contributed by atoms with Gasteiger partial charge in [0.15, 0.2) is 0 Å². The van der Waals surface area contributed by atoms with E-state index in [1.165, 1.54) is 30.6 Å². The second-order valence-electron chi connectivity index (χ2n) is 4.51. The number of hydrogen-bond acceptors (Lipinski definition) is 6. The third-order valence-corrected chi connectivity index (χ3v) is 3.84. The lowest BCUT2D eigenvalue weighted by Crippen LogP contribution is -2.19. The summed E-state index contributed by atoms with van der Waals surface area (Å²) in [7, 11) is 1.70. The van der Waals surface area contributed by atoms with Crippen LogP contribution in [-0.4, -0.2) is 36.6 Å². The van der Waals surface area contributed by atoms with E-state index in [0.29, 0.717) is 17.9 Å². The smallest absolute Gasteiger partial charge is 0.294 e. The van der Waals surface area contributed by atoms with Crippen molar-refractivity contribution in [2.45, 2.75) is 44.8 Å². The second kappa shape index (κ2) is 7.66. The Morgan fingerprint density at radius 1 is 1.28 bits per heavy atom. The number of ether oxygens (including phenoxy) is 2. The van der Waals surface area contributed by atoms with Gasteiger partial charge in [0.1, 0.15) is 11.1 Å². The molecule has 0 spiro atoms. The minimum atomic E-state index is 0.348. The lowest BCUT2D eigenvalue weighted by atomic mass is 9.98. The normalized spacial score (nSPS) is 16.9. The Morgan fingerprint density at radius 3 is 2.89 bits per heavy atom. The van der Waals surface area contributed by atoms with Crippen molar-refractivity contribution in [3.8, 4) is 5.19 Å². The molecule has 1 aromatic rings. The molecule has 102 valence electrons. The summed E-state index contributed by atoms with van der Waals surface area (Å²) in [6.07, 6.45) is 6.54. The molecule has 0 aromatic carbocycles. The zero-order valence-corrected chi connectivity index (χ0v) is 11.7. The maximum atomic E-state index is 5.86. The summed E-state index contributed by atoms with van der Waals surface area (Å²) in [6, 6.07) is 0. The first-order valence-electron chi connectivity index (χ1n) is 6.57. The van der Waals surface area contributed by atoms with Crippen molar-refractivity contribution in [1.82, 2.24) is 15.5 Å². The van der Waals surface area contributed by atoms with Crippen LogP contribution < -0.4 is 10.1 Å². The predicted octanol–water partition coefficient (Wildman–Crippen LogP) is 1.99. The first kappa shape index (κ1) is 13.7. The standard InChI is InChI=1S/C12H21N3O2S/c1-16-8-7-13-9-11-14-15-12(18-11)17-10-5-3-2-4-6-10/h10,13H,2-9H2,1H3. The van der Waals surface area contributed by atoms with Crippen LogP contribution in [0.3, 0.4) is 0 Å². The van der Waals surface area contributed by atoms with Crippen molar-refractivity contribution in [3.63, 3.8) is 0 Å². The van der Waals surface area contributed by atoms with Crippen LogP contribution in [0.2, 0.25) is 0 Å². The minimum Gasteiger partial charge on any atom is -0.466 e. The molecule has 18 heavy (non-hydrogen) atoms. The molecular formula is C12H21N3O2S. The molecule has 0 atom stereocenters. The molecule has 1 N–H and O–H groups in total. The summed E-state index contributed by atoms with van der Waals surface area (Å²) in [5.74, 6) is 0. The van der Waals surface area contributed by atoms with Gasteiger partial charge in [-0.1, -0.05) is 22.9 Å². The monoisotopic (exact) mass is 271 g/mol. The Morgan fingerprint density at radius 2 is 2.11 bits per heavy atom. The Balaban J connectivity index is 1.71. The number of methoxy groups -OCH3 is 1. The van der Waals surface area contributed by atoms with Gasteiger partial charge < -0.3 is 14.8 Å². The molecule has 1 heterocycles. The van der Waals surface area contributed by atoms with Gasteiger partial charge >= 0.3 is 0 Å². The molecule has 0 radical (unpaired) electrons. The van der Waals surface area contributed by atoms with Crippen molar-refractivity contribution >= 4 is 11.3 Å². The van der Waals surface area contributed by atoms with Gasteiger partial charge in [0, 0.05) is 20.2 Å². The third kappa shape index (κ3) is 4.51. The zero-order valence-electron chi connectivity index (χ0n) is 10.9. The van der Waals surface area contributed by atoms with Gasteiger partial charge in [-0.05, 0) is 25.7 Å². The van der Waals surface area contributed by atoms with Gasteiger partial charge in [0.2, 0.25) is 0 Å². The molecule has 1 aromatic heterocycles. The highest BCUT2D eigenvalue weighted by Gasteiger charge is 2.16. The van der Waals surface area contributed by atoms with Crippen LogP contribution in [0.1, 0.15) is 37.1 Å². The van der Waals surface area contributed by atoms with Gasteiger partial charge in [0.25, 0.3) is 5.19 Å². The van der Waals surface area contributed by atoms with Crippen molar-refractivity contribution in [3.05, 3.63) is 5.01 Å². The predicted molar refractivity (Wildman–Crippen MR) is 71.0 cm³/mol. The van der Waals surface area contributed by atoms with E-state index >= 15 is 0 Å². The number of nitrogens with one attached hydrogen (secondary N) is 1. The average Bonchev–Trinajstić information content (AvgIpc) is 2.84. The second-order valence-corrected chi connectivity index (χ2v) is 5.53. The van der Waals surface area contributed by atoms with E-state index in [-0.39, 0.29) is 0 Å². The topological polar surface area (TPSA) is 56.3 Å². The molecular weight excluding hydrogens is 250 g/mol. The average molecular weight is 271 g/mol. The van der Waals surface area contributed by atoms with Crippen LogP contribution in [0.5, 0.6) is 5.19 Å². The number of nitrogens with zero attached hydrogens (tertiary/aromatic N) is 2. The van der Waals surface area contributed by atoms with E-state index in [0.717, 1.165) is 30.9 Å². The van der Waals surface area contributed by atoms with Crippen molar-refractivity contribution in [2.24, 2.45) is 0 Å². The van der Waals surface area contributed by atoms with E-state index in [9.17, 15) is 0 Å². The number of aromatic nitrogens is 2. The highest BCUT2D eigenvalue weighted by molar-refractivity contribution is 7.13. The summed E-state index contributed by atoms with van der Waals surface area (Å²) >= 11 is 1.54. The Kier molecular flexibility index (Phi) is 5.83. The van der Waals surface area contributed by atoms with Crippen LogP contribution in [0.25, 0.3) is 0 Å². The van der Waals surface area contributed by atoms with Gasteiger partial charge in [-0.25, -0.2) is 0 Å². The third-order valence-electron chi connectivity index (χ3n) is 3.03. The highest BCUT2D eigenvalue weighted by atomic mass is 32.1. The van der Waals surface area contributed by atoms with Crippen molar-refractivity contribution < 1.29 is 9.47 Å². The summed E-state index contributed by atoms with van der Waals surface area (Å²) in [6.45, 7) is 2.27. The fraction of sp³-hybridized carbons (Fsp3) is 0.833. The van der Waals surface area contributed by atoms with Gasteiger partial charge in [-0.2, -0.15) is 0 Å². The van der Waals surface area contributed by atoms with Crippen LogP contribution in [-0.2, 0) is 11.3 Å². The quantitative estimate of drug-likeness (QED) is 0.769. The molecule has 1 aliphatic rings. The van der Waals surface area contributed by atoms with Crippen LogP contribution in [0, 0.1) is 0 Å². The van der Waals surface area contributed by atoms with E-state index in [2.05, 4.69) is 15.5 Å². The lowest BCUT2D eigenvalue weighted by Gasteiger charge is -2.20. The number of hydrogen-bond donors (Lipinski definition) is 1. The number of rotatable bonds is 7. The van der Waals surface area contributed by atoms with Gasteiger partial charge in [-0.15, -0.1) is 5.10 Å². The van der Waals surface area contributed by atoms with E-state index in [4.69, 9.17) is 9.47 Å². The minimum absolute atomic E-state index is 0.348. The van der Waals surface area contributed by atoms with E-state index in [1.54, 1.807) is 7.11 Å². The zero-order chi connectivity index (χ0) is 12.6. The molecule has 5 nitrogen and oxygen atoms in total. The Labute approximate surface area is 112 Å². The Bertz CT molecular complexity index is 340. The fourth-order valence-corrected chi connectivity index (χ4v) is 2.78. The van der Waals surface area contributed by atoms with Crippen LogP contribution in [0.15, 0.2) is 0 Å². The molecule has 0 amide bonds. The SMILES string of the molecule is COCCNCc1nnc(OC2CCCCC2)s1. The summed E-state index contributed by atoms with van der Waals surface area (Å²) in [4.78, 5) is 0. The lowest BCUT2D eigenvalue weighted by molar-refractivity contribution is 0.153. The summed E-state index contributed by atoms with van der Waals surface area (Å²) in [5, 5.41) is 13.1. The molecule has 0 aliphatic heterocycles. The van der Waals surface area contributed by atoms with Gasteiger partial charge in [-0.3, -0.25) is 0 Å². The van der Waals surface area contributed by atoms with E-state index < -0.39 is 0 Å². The molecule has 6 heteroatoms. The molecule has 0 unspecified atom stereocenters. The summed E-state index contributed by atoms with van der Waals surface area (Å²) < 4.78 is 10.8. The molecule has 2 rings (SSSR count). The first-order valence-corrected chi connectivity index (χ1v) is 7.39. The fourth-order valence-electron chi connectivity index (χ4n) is 2.05. The maximum absolute atomic E-state index is 5.86. The van der Waals surface area contributed by atoms with Crippen molar-refractivity contribution in [2.75, 3.05) is 20.3 Å². The maximum Gasteiger partial charge on any atom is 0.294 e. The van der Waals surface area contributed by atoms with Crippen LogP contribution >= 0.6 is 11.3 Å². The van der Waals surface area contributed by atoms with Gasteiger partial charge in [0.05, 0.1) is 6.61 Å². The largest absolute Gasteiger partial charge is 0.466 e. The highest BCUT2D eigenvalue weighted by Crippen LogP contribution is 2.25. The molecule has 1 fully saturated rings. The molecule has 0 bridgehead atoms. The van der Waals surface area contributed by atoms with Crippen molar-refractivity contribution in [1.29, 1.82) is 0 Å². The summed E-state index contributed by atoms with van der Waals surface area (Å²) in [5.41, 5.74) is 0. The Hall–Kier alpha value is -0.720. The molecule has 0 saturated heterocycles. The van der Waals surface area contributed by atoms with E-state index in [1.807, 2.05) is 0 Å².